The molecule has 2 rings (SSSR count). The summed E-state index contributed by atoms with van der Waals surface area (Å²) in [5, 5.41) is 9.47. The third kappa shape index (κ3) is 2.96. The van der Waals surface area contributed by atoms with Crippen LogP contribution in [-0.2, 0) is 19.1 Å². The third-order valence-electron chi connectivity index (χ3n) is 3.76. The second-order valence-electron chi connectivity index (χ2n) is 5.47. The van der Waals surface area contributed by atoms with Gasteiger partial charge in [-0.3, -0.25) is 9.59 Å². The largest absolute Gasteiger partial charge is 0.463 e. The van der Waals surface area contributed by atoms with Crippen molar-refractivity contribution in [3.8, 4) is 6.07 Å². The van der Waals surface area contributed by atoms with E-state index >= 15 is 0 Å². The van der Waals surface area contributed by atoms with Crippen LogP contribution < -0.4 is 0 Å². The lowest BCUT2D eigenvalue weighted by Crippen LogP contribution is -2.55. The van der Waals surface area contributed by atoms with Crippen molar-refractivity contribution in [2.24, 2.45) is 0 Å². The van der Waals surface area contributed by atoms with Crippen molar-refractivity contribution in [1.82, 2.24) is 4.90 Å². The van der Waals surface area contributed by atoms with Crippen molar-refractivity contribution in [3.63, 3.8) is 0 Å². The fourth-order valence-electron chi connectivity index (χ4n) is 2.37. The van der Waals surface area contributed by atoms with Gasteiger partial charge in [0, 0.05) is 0 Å². The first-order valence-corrected chi connectivity index (χ1v) is 7.54. The van der Waals surface area contributed by atoms with Gasteiger partial charge in [-0.05, 0) is 32.9 Å². The molecule has 0 spiro atoms. The topological polar surface area (TPSA) is 114 Å². The van der Waals surface area contributed by atoms with E-state index in [1.54, 1.807) is 25.1 Å². The lowest BCUT2D eigenvalue weighted by atomic mass is 10.0. The van der Waals surface area contributed by atoms with Gasteiger partial charge in [-0.1, -0.05) is 12.1 Å². The maximum atomic E-state index is 12.5. The Balaban J connectivity index is 2.31. The summed E-state index contributed by atoms with van der Waals surface area (Å²) in [5.41, 5.74) is -2.02. The van der Waals surface area contributed by atoms with E-state index < -0.39 is 35.4 Å². The van der Waals surface area contributed by atoms with Crippen LogP contribution in [0.4, 0.5) is 0 Å². The maximum Gasteiger partial charge on any atom is 0.348 e. The summed E-state index contributed by atoms with van der Waals surface area (Å²) < 4.78 is 9.67. The number of esters is 2. The zero-order valence-corrected chi connectivity index (χ0v) is 13.9. The Morgan fingerprint density at radius 3 is 2.20 bits per heavy atom. The minimum atomic E-state index is -2.21. The van der Waals surface area contributed by atoms with Crippen molar-refractivity contribution in [2.75, 3.05) is 6.61 Å². The molecule has 0 saturated heterocycles. The molecule has 1 aromatic carbocycles. The van der Waals surface area contributed by atoms with Crippen LogP contribution in [0, 0.1) is 11.3 Å². The van der Waals surface area contributed by atoms with E-state index in [1.807, 2.05) is 0 Å². The summed E-state index contributed by atoms with van der Waals surface area (Å²) >= 11 is 0. The quantitative estimate of drug-likeness (QED) is 0.579. The highest BCUT2D eigenvalue weighted by Crippen LogP contribution is 2.30. The van der Waals surface area contributed by atoms with Crippen LogP contribution in [0.3, 0.4) is 0 Å². The monoisotopic (exact) mass is 344 g/mol. The summed E-state index contributed by atoms with van der Waals surface area (Å²) in [6.07, 6.45) is -1.28. The van der Waals surface area contributed by atoms with Crippen LogP contribution in [0.2, 0.25) is 0 Å². The van der Waals surface area contributed by atoms with Gasteiger partial charge in [-0.15, -0.1) is 0 Å². The van der Waals surface area contributed by atoms with Gasteiger partial charge in [-0.2, -0.15) is 5.26 Å². The minimum absolute atomic E-state index is 0.0919. The number of carbonyl (C=O) groups is 4. The molecule has 25 heavy (non-hydrogen) atoms. The number of hydrogen-bond acceptors (Lipinski definition) is 7. The Hall–Kier alpha value is -3.21. The van der Waals surface area contributed by atoms with E-state index in [0.29, 0.717) is 4.90 Å². The summed E-state index contributed by atoms with van der Waals surface area (Å²) in [7, 11) is 0. The summed E-state index contributed by atoms with van der Waals surface area (Å²) in [4.78, 5) is 49.6. The SMILES string of the molecule is CCOC(=O)[C@H](C)OC(=O)[C@@](C)(C#N)N1C(=O)c2ccccc2C1=O. The standard InChI is InChI=1S/C17H16N2O6/c1-4-24-15(22)10(2)25-16(23)17(3,9-18)19-13(20)11-7-5-6-8-12(11)14(19)21/h5-8,10H,4H2,1-3H3/t10-,17+/m0/s1. The van der Waals surface area contributed by atoms with E-state index in [4.69, 9.17) is 9.47 Å². The molecule has 0 fully saturated rings. The van der Waals surface area contributed by atoms with Gasteiger partial charge < -0.3 is 9.47 Å². The molecular weight excluding hydrogens is 328 g/mol. The molecule has 1 aliphatic rings. The molecule has 8 heteroatoms. The Kier molecular flexibility index (Phi) is 4.88. The molecule has 1 heterocycles. The van der Waals surface area contributed by atoms with E-state index in [9.17, 15) is 24.4 Å². The van der Waals surface area contributed by atoms with Crippen molar-refractivity contribution < 1.29 is 28.7 Å². The zero-order chi connectivity index (χ0) is 18.8. The van der Waals surface area contributed by atoms with Gasteiger partial charge in [0.1, 0.15) is 6.07 Å². The fraction of sp³-hybridized carbons (Fsp3) is 0.353. The van der Waals surface area contributed by atoms with Crippen LogP contribution in [0.25, 0.3) is 0 Å². The smallest absolute Gasteiger partial charge is 0.348 e. The van der Waals surface area contributed by atoms with Crippen LogP contribution in [0.15, 0.2) is 24.3 Å². The number of nitriles is 1. The number of carbonyl (C=O) groups excluding carboxylic acids is 4. The molecule has 1 aliphatic heterocycles. The fourth-order valence-corrected chi connectivity index (χ4v) is 2.37. The molecule has 0 aromatic heterocycles. The molecule has 0 saturated carbocycles. The first-order valence-electron chi connectivity index (χ1n) is 7.54. The van der Waals surface area contributed by atoms with Crippen molar-refractivity contribution in [3.05, 3.63) is 35.4 Å². The van der Waals surface area contributed by atoms with Crippen LogP contribution >= 0.6 is 0 Å². The predicted octanol–water partition coefficient (Wildman–Crippen LogP) is 1.06. The average molecular weight is 344 g/mol. The Morgan fingerprint density at radius 2 is 1.76 bits per heavy atom. The highest BCUT2D eigenvalue weighted by atomic mass is 16.6. The Bertz CT molecular complexity index is 762. The van der Waals surface area contributed by atoms with Crippen LogP contribution in [0.1, 0.15) is 41.5 Å². The van der Waals surface area contributed by atoms with E-state index in [0.717, 1.165) is 6.92 Å². The second kappa shape index (κ2) is 6.73. The van der Waals surface area contributed by atoms with Gasteiger partial charge >= 0.3 is 11.9 Å². The molecule has 2 atom stereocenters. The molecule has 0 bridgehead atoms. The van der Waals surface area contributed by atoms with Crippen LogP contribution in [-0.4, -0.2) is 46.9 Å². The summed E-state index contributed by atoms with van der Waals surface area (Å²) in [6, 6.07) is 7.65. The average Bonchev–Trinajstić information content (AvgIpc) is 2.86. The molecular formula is C17H16N2O6. The summed E-state index contributed by atoms with van der Waals surface area (Å²) in [5.74, 6) is -3.53. The minimum Gasteiger partial charge on any atom is -0.463 e. The van der Waals surface area contributed by atoms with Gasteiger partial charge in [0.15, 0.2) is 6.10 Å². The third-order valence-corrected chi connectivity index (χ3v) is 3.76. The number of nitrogens with zero attached hydrogens (tertiary/aromatic N) is 2. The maximum absolute atomic E-state index is 12.5. The normalized spacial score (nSPS) is 16.5. The predicted molar refractivity (Wildman–Crippen MR) is 83.1 cm³/mol. The number of rotatable bonds is 5. The molecule has 0 unspecified atom stereocenters. The molecule has 0 aliphatic carbocycles. The first kappa shape index (κ1) is 18.1. The number of imide groups is 1. The molecule has 130 valence electrons. The number of ether oxygens (including phenoxy) is 2. The second-order valence-corrected chi connectivity index (χ2v) is 5.47. The summed E-state index contributed by atoms with van der Waals surface area (Å²) in [6.45, 7) is 4.05. The highest BCUT2D eigenvalue weighted by Gasteiger charge is 2.53. The van der Waals surface area contributed by atoms with Gasteiger partial charge in [0.05, 0.1) is 17.7 Å². The number of amides is 2. The van der Waals surface area contributed by atoms with Gasteiger partial charge in [0.25, 0.3) is 11.8 Å². The molecule has 8 nitrogen and oxygen atoms in total. The van der Waals surface area contributed by atoms with Crippen LogP contribution in [0.5, 0.6) is 0 Å². The van der Waals surface area contributed by atoms with E-state index in [1.165, 1.54) is 19.1 Å². The van der Waals surface area contributed by atoms with Gasteiger partial charge in [0.2, 0.25) is 5.54 Å². The lowest BCUT2D eigenvalue weighted by Gasteiger charge is -2.29. The first-order chi connectivity index (χ1) is 11.8. The Morgan fingerprint density at radius 1 is 1.24 bits per heavy atom. The number of benzene rings is 1. The number of fused-ring (bicyclic) bond motifs is 1. The Labute approximate surface area is 143 Å². The molecule has 0 radical (unpaired) electrons. The van der Waals surface area contributed by atoms with E-state index in [2.05, 4.69) is 0 Å². The lowest BCUT2D eigenvalue weighted by molar-refractivity contribution is -0.170. The highest BCUT2D eigenvalue weighted by molar-refractivity contribution is 6.23. The molecule has 1 aromatic rings. The van der Waals surface area contributed by atoms with E-state index in [-0.39, 0.29) is 17.7 Å². The molecule has 0 N–H and O–H groups in total. The van der Waals surface area contributed by atoms with Crippen molar-refractivity contribution in [2.45, 2.75) is 32.4 Å². The van der Waals surface area contributed by atoms with Crippen molar-refractivity contribution in [1.29, 1.82) is 5.26 Å². The number of hydrogen-bond donors (Lipinski definition) is 0. The molecule has 2 amide bonds. The zero-order valence-electron chi connectivity index (χ0n) is 13.9. The van der Waals surface area contributed by atoms with Gasteiger partial charge in [-0.25, -0.2) is 14.5 Å². The van der Waals surface area contributed by atoms with Crippen molar-refractivity contribution >= 4 is 23.8 Å².